The molecule has 216 valence electrons. The summed E-state index contributed by atoms with van der Waals surface area (Å²) >= 11 is 0. The summed E-state index contributed by atoms with van der Waals surface area (Å²) in [5, 5.41) is 10.2. The summed E-state index contributed by atoms with van der Waals surface area (Å²) in [5.74, 6) is -0.312. The molecular weight excluding hydrogens is 558 g/mol. The number of para-hydroxylation sites is 1. The second kappa shape index (κ2) is 12.6. The molecule has 0 radical (unpaired) electrons. The van der Waals surface area contributed by atoms with Crippen molar-refractivity contribution in [3.8, 4) is 5.75 Å². The summed E-state index contributed by atoms with van der Waals surface area (Å²) in [6.45, 7) is 2.86. The molecule has 12 nitrogen and oxygen atoms in total. The predicted octanol–water partition coefficient (Wildman–Crippen LogP) is 1.24. The van der Waals surface area contributed by atoms with E-state index in [1.54, 1.807) is 22.5 Å². The number of sulfonamides is 2. The molecule has 1 unspecified atom stereocenters. The topological polar surface area (TPSA) is 158 Å². The molecule has 1 saturated heterocycles. The van der Waals surface area contributed by atoms with E-state index < -0.39 is 32.0 Å². The third kappa shape index (κ3) is 7.33. The van der Waals surface area contributed by atoms with E-state index in [-0.39, 0.29) is 31.1 Å². The fourth-order valence-corrected chi connectivity index (χ4v) is 6.59. The predicted molar refractivity (Wildman–Crippen MR) is 149 cm³/mol. The Kier molecular flexibility index (Phi) is 9.38. The molecule has 3 N–H and O–H groups in total. The van der Waals surface area contributed by atoms with Crippen molar-refractivity contribution in [1.29, 1.82) is 0 Å². The van der Waals surface area contributed by atoms with Crippen LogP contribution in [0.3, 0.4) is 0 Å². The molecule has 0 spiro atoms. The van der Waals surface area contributed by atoms with Gasteiger partial charge >= 0.3 is 0 Å². The van der Waals surface area contributed by atoms with Crippen LogP contribution < -0.4 is 14.9 Å². The molecule has 14 heteroatoms. The van der Waals surface area contributed by atoms with Gasteiger partial charge in [0.25, 0.3) is 5.91 Å². The van der Waals surface area contributed by atoms with Crippen LogP contribution >= 0.6 is 0 Å². The van der Waals surface area contributed by atoms with E-state index in [0.29, 0.717) is 25.3 Å². The molecule has 1 amide bonds. The number of ether oxygens (including phenoxy) is 1. The number of pyridine rings is 1. The van der Waals surface area contributed by atoms with Gasteiger partial charge in [0.15, 0.2) is 0 Å². The molecule has 3 aromatic rings. The maximum atomic E-state index is 13.0. The van der Waals surface area contributed by atoms with Gasteiger partial charge in [-0.05, 0) is 49.7 Å². The number of aromatic nitrogens is 1. The smallest absolute Gasteiger partial charge is 0.262 e. The number of hydrogen-bond donors (Lipinski definition) is 3. The number of fused-ring (bicyclic) bond motifs is 1. The number of carbonyl (C=O) groups excluding carboxylic acids is 1. The molecule has 1 aliphatic heterocycles. The van der Waals surface area contributed by atoms with Gasteiger partial charge in [0.1, 0.15) is 18.4 Å². The highest BCUT2D eigenvalue weighted by Crippen LogP contribution is 2.22. The molecule has 0 saturated carbocycles. The Morgan fingerprint density at radius 3 is 2.48 bits per heavy atom. The molecule has 0 bridgehead atoms. The van der Waals surface area contributed by atoms with Gasteiger partial charge in [-0.1, -0.05) is 18.2 Å². The molecule has 1 atom stereocenters. The maximum Gasteiger partial charge on any atom is 0.262 e. The number of rotatable bonds is 10. The van der Waals surface area contributed by atoms with Crippen molar-refractivity contribution >= 4 is 36.9 Å². The first-order valence-corrected chi connectivity index (χ1v) is 16.0. The number of aryl methyl sites for hydroxylation is 1. The van der Waals surface area contributed by atoms with Crippen LogP contribution in [0, 0.1) is 6.92 Å². The van der Waals surface area contributed by atoms with Gasteiger partial charge in [-0.3, -0.25) is 19.9 Å². The lowest BCUT2D eigenvalue weighted by atomic mass is 10.1. The van der Waals surface area contributed by atoms with Crippen molar-refractivity contribution in [2.75, 3.05) is 39.0 Å². The summed E-state index contributed by atoms with van der Waals surface area (Å²) in [6.07, 6.45) is 1.57. The standard InChI is InChI=1S/C26H33N5O7S2/c1-19-16-20(23-6-3-4-7-24(23)28-19)18-38-21-8-10-22(11-9-21)40(36,37)27-17-25(26(32)29-33)30-12-5-13-31(15-14-30)39(2,34)35/h3-4,6-11,16,25,27,33H,5,12-15,17-18H2,1-2H3,(H,29,32). The van der Waals surface area contributed by atoms with Gasteiger partial charge in [-0.15, -0.1) is 0 Å². The van der Waals surface area contributed by atoms with Crippen LogP contribution in [0.1, 0.15) is 17.7 Å². The fraction of sp³-hybridized carbons (Fsp3) is 0.385. The minimum Gasteiger partial charge on any atom is -0.489 e. The van der Waals surface area contributed by atoms with Crippen LogP contribution in [0.2, 0.25) is 0 Å². The number of carbonyl (C=O) groups is 1. The zero-order chi connectivity index (χ0) is 28.9. The molecule has 2 heterocycles. The summed E-state index contributed by atoms with van der Waals surface area (Å²) < 4.78 is 59.5. The first-order valence-electron chi connectivity index (χ1n) is 12.7. The van der Waals surface area contributed by atoms with Crippen LogP contribution in [0.15, 0.2) is 59.5 Å². The largest absolute Gasteiger partial charge is 0.489 e. The number of hydroxylamine groups is 1. The van der Waals surface area contributed by atoms with Crippen LogP contribution in [-0.2, 0) is 31.4 Å². The van der Waals surface area contributed by atoms with Gasteiger partial charge in [-0.2, -0.15) is 0 Å². The van der Waals surface area contributed by atoms with E-state index in [9.17, 15) is 26.8 Å². The van der Waals surface area contributed by atoms with Crippen molar-refractivity contribution in [3.63, 3.8) is 0 Å². The zero-order valence-electron chi connectivity index (χ0n) is 22.3. The molecule has 1 fully saturated rings. The van der Waals surface area contributed by atoms with E-state index in [0.717, 1.165) is 28.4 Å². The fourth-order valence-electron chi connectivity index (χ4n) is 4.68. The molecular formula is C26H33N5O7S2. The van der Waals surface area contributed by atoms with E-state index in [1.807, 2.05) is 37.3 Å². The summed E-state index contributed by atoms with van der Waals surface area (Å²) in [5.41, 5.74) is 4.28. The first-order chi connectivity index (χ1) is 19.0. The highest BCUT2D eigenvalue weighted by atomic mass is 32.2. The lowest BCUT2D eigenvalue weighted by molar-refractivity contribution is -0.134. The minimum absolute atomic E-state index is 0.0210. The van der Waals surface area contributed by atoms with Gasteiger partial charge in [-0.25, -0.2) is 31.3 Å². The Bertz CT molecular complexity index is 1560. The van der Waals surface area contributed by atoms with Crippen molar-refractivity contribution < 1.29 is 31.6 Å². The number of nitrogens with one attached hydrogen (secondary N) is 2. The van der Waals surface area contributed by atoms with Crippen molar-refractivity contribution in [1.82, 2.24) is 24.4 Å². The van der Waals surface area contributed by atoms with Crippen LogP contribution in [0.25, 0.3) is 10.9 Å². The summed E-state index contributed by atoms with van der Waals surface area (Å²) in [4.78, 5) is 18.6. The molecule has 1 aliphatic rings. The van der Waals surface area contributed by atoms with Crippen molar-refractivity contribution in [2.24, 2.45) is 0 Å². The Balaban J connectivity index is 1.40. The van der Waals surface area contributed by atoms with E-state index in [2.05, 4.69) is 9.71 Å². The zero-order valence-corrected chi connectivity index (χ0v) is 23.9. The quantitative estimate of drug-likeness (QED) is 0.233. The lowest BCUT2D eigenvalue weighted by Gasteiger charge is -2.29. The van der Waals surface area contributed by atoms with Crippen molar-refractivity contribution in [3.05, 3.63) is 65.9 Å². The normalized spacial score (nSPS) is 16.4. The molecule has 0 aliphatic carbocycles. The van der Waals surface area contributed by atoms with E-state index in [4.69, 9.17) is 4.74 Å². The second-order valence-corrected chi connectivity index (χ2v) is 13.3. The number of nitrogens with zero attached hydrogens (tertiary/aromatic N) is 3. The van der Waals surface area contributed by atoms with Gasteiger partial charge < -0.3 is 4.74 Å². The highest BCUT2D eigenvalue weighted by Gasteiger charge is 2.31. The average molecular weight is 592 g/mol. The average Bonchev–Trinajstić information content (AvgIpc) is 3.18. The van der Waals surface area contributed by atoms with E-state index >= 15 is 0 Å². The highest BCUT2D eigenvalue weighted by molar-refractivity contribution is 7.89. The lowest BCUT2D eigenvalue weighted by Crippen LogP contribution is -2.53. The Hall–Kier alpha value is -3.14. The van der Waals surface area contributed by atoms with E-state index in [1.165, 1.54) is 16.4 Å². The van der Waals surface area contributed by atoms with Crippen molar-refractivity contribution in [2.45, 2.75) is 30.9 Å². The van der Waals surface area contributed by atoms with Crippen LogP contribution in [0.5, 0.6) is 5.75 Å². The van der Waals surface area contributed by atoms with Gasteiger partial charge in [0.05, 0.1) is 16.7 Å². The molecule has 4 rings (SSSR count). The monoisotopic (exact) mass is 591 g/mol. The third-order valence-corrected chi connectivity index (χ3v) is 9.48. The molecule has 40 heavy (non-hydrogen) atoms. The summed E-state index contributed by atoms with van der Waals surface area (Å²) in [6, 6.07) is 14.6. The molecule has 1 aromatic heterocycles. The Morgan fingerprint density at radius 2 is 1.77 bits per heavy atom. The number of benzene rings is 2. The van der Waals surface area contributed by atoms with Crippen LogP contribution in [-0.4, -0.2) is 87.2 Å². The Morgan fingerprint density at radius 1 is 1.05 bits per heavy atom. The summed E-state index contributed by atoms with van der Waals surface area (Å²) in [7, 11) is -7.40. The maximum absolute atomic E-state index is 13.0. The van der Waals surface area contributed by atoms with Crippen LogP contribution in [0.4, 0.5) is 0 Å². The van der Waals surface area contributed by atoms with Gasteiger partial charge in [0.2, 0.25) is 20.0 Å². The SMILES string of the molecule is Cc1cc(COc2ccc(S(=O)(=O)NCC(C(=O)NO)N3CCCN(S(C)(=O)=O)CC3)cc2)c2ccccc2n1. The number of amides is 1. The third-order valence-electron chi connectivity index (χ3n) is 6.74. The van der Waals surface area contributed by atoms with Gasteiger partial charge in [0, 0.05) is 49.4 Å². The second-order valence-electron chi connectivity index (χ2n) is 9.60. The first kappa shape index (κ1) is 29.8. The Labute approximate surface area is 234 Å². The minimum atomic E-state index is -4.01. The molecule has 2 aromatic carbocycles. The number of hydrogen-bond acceptors (Lipinski definition) is 9.